The topological polar surface area (TPSA) is 70.2 Å². The normalized spacial score (nSPS) is 16.1. The van der Waals surface area contributed by atoms with Gasteiger partial charge in [-0.1, -0.05) is 36.4 Å². The Morgan fingerprint density at radius 1 is 0.857 bits per heavy atom. The van der Waals surface area contributed by atoms with Gasteiger partial charge in [-0.2, -0.15) is 0 Å². The zero-order valence-corrected chi connectivity index (χ0v) is 19.9. The van der Waals surface area contributed by atoms with E-state index in [9.17, 15) is 14.4 Å². The Labute approximate surface area is 204 Å². The van der Waals surface area contributed by atoms with Crippen molar-refractivity contribution in [2.75, 3.05) is 39.8 Å². The molecule has 0 N–H and O–H groups in total. The molecular weight excluding hydrogens is 442 g/mol. The van der Waals surface area contributed by atoms with Crippen molar-refractivity contribution in [1.82, 2.24) is 14.7 Å². The van der Waals surface area contributed by atoms with Crippen LogP contribution in [0.2, 0.25) is 0 Å². The smallest absolute Gasteiger partial charge is 0.261 e. The third-order valence-electron chi connectivity index (χ3n) is 6.92. The van der Waals surface area contributed by atoms with Crippen LogP contribution in [0.3, 0.4) is 0 Å². The number of rotatable bonds is 7. The molecule has 0 unspecified atom stereocenters. The lowest BCUT2D eigenvalue weighted by Crippen LogP contribution is -2.48. The highest BCUT2D eigenvalue weighted by Crippen LogP contribution is 2.30. The Morgan fingerprint density at radius 2 is 1.49 bits per heavy atom. The van der Waals surface area contributed by atoms with Gasteiger partial charge in [0.15, 0.2) is 0 Å². The van der Waals surface area contributed by atoms with Gasteiger partial charge >= 0.3 is 0 Å². The number of methoxy groups -OCH3 is 1. The van der Waals surface area contributed by atoms with Crippen LogP contribution in [0.25, 0.3) is 10.8 Å². The molecule has 0 aliphatic carbocycles. The molecule has 7 nitrogen and oxygen atoms in total. The summed E-state index contributed by atoms with van der Waals surface area (Å²) in [5.41, 5.74) is 2.33. The molecule has 1 saturated heterocycles. The quantitative estimate of drug-likeness (QED) is 0.493. The van der Waals surface area contributed by atoms with E-state index < -0.39 is 0 Å². The third kappa shape index (κ3) is 4.64. The molecule has 0 radical (unpaired) electrons. The molecule has 0 aromatic heterocycles. The first-order chi connectivity index (χ1) is 17.0. The van der Waals surface area contributed by atoms with Crippen molar-refractivity contribution in [1.29, 1.82) is 0 Å². The van der Waals surface area contributed by atoms with Crippen LogP contribution in [0.4, 0.5) is 0 Å². The molecule has 1 fully saturated rings. The second-order valence-electron chi connectivity index (χ2n) is 9.08. The van der Waals surface area contributed by atoms with E-state index >= 15 is 0 Å². The molecule has 0 bridgehead atoms. The minimum atomic E-state index is -0.279. The van der Waals surface area contributed by atoms with E-state index in [-0.39, 0.29) is 24.3 Å². The van der Waals surface area contributed by atoms with E-state index in [1.54, 1.807) is 19.2 Å². The van der Waals surface area contributed by atoms with Crippen molar-refractivity contribution < 1.29 is 19.1 Å². The van der Waals surface area contributed by atoms with Gasteiger partial charge in [0.25, 0.3) is 11.8 Å². The van der Waals surface area contributed by atoms with Crippen molar-refractivity contribution >= 4 is 28.5 Å². The SMILES string of the molecule is COc1ccc(CN2CCN(C(=O)CCCN3C(=O)c4cccc5cccc(c45)C3=O)CC2)cc1. The second kappa shape index (κ2) is 9.88. The van der Waals surface area contributed by atoms with Gasteiger partial charge in [-0.25, -0.2) is 0 Å². The molecule has 0 spiro atoms. The van der Waals surface area contributed by atoms with Crippen molar-refractivity contribution in [3.05, 3.63) is 77.4 Å². The van der Waals surface area contributed by atoms with Gasteiger partial charge < -0.3 is 9.64 Å². The zero-order valence-electron chi connectivity index (χ0n) is 19.9. The fourth-order valence-corrected chi connectivity index (χ4v) is 4.97. The summed E-state index contributed by atoms with van der Waals surface area (Å²) < 4.78 is 5.21. The molecule has 7 heteroatoms. The standard InChI is InChI=1S/C28H29N3O4/c1-35-22-12-10-20(11-13-22)19-29-15-17-30(18-16-29)25(32)9-4-14-31-27(33)23-7-2-5-21-6-3-8-24(26(21)23)28(31)34/h2-3,5-8,10-13H,4,9,14-19H2,1H3. The fraction of sp³-hybridized carbons (Fsp3) is 0.321. The van der Waals surface area contributed by atoms with Crippen LogP contribution >= 0.6 is 0 Å². The average molecular weight is 472 g/mol. The molecule has 180 valence electrons. The van der Waals surface area contributed by atoms with E-state index in [4.69, 9.17) is 4.74 Å². The van der Waals surface area contributed by atoms with Gasteiger partial charge in [-0.15, -0.1) is 0 Å². The zero-order chi connectivity index (χ0) is 24.4. The molecule has 5 rings (SSSR count). The first-order valence-electron chi connectivity index (χ1n) is 12.1. The van der Waals surface area contributed by atoms with Crippen molar-refractivity contribution in [2.24, 2.45) is 0 Å². The number of hydrogen-bond acceptors (Lipinski definition) is 5. The monoisotopic (exact) mass is 471 g/mol. The highest BCUT2D eigenvalue weighted by Gasteiger charge is 2.32. The fourth-order valence-electron chi connectivity index (χ4n) is 4.97. The van der Waals surface area contributed by atoms with Gasteiger partial charge in [-0.05, 0) is 41.6 Å². The van der Waals surface area contributed by atoms with Crippen molar-refractivity contribution in [3.63, 3.8) is 0 Å². The average Bonchev–Trinajstić information content (AvgIpc) is 2.90. The van der Waals surface area contributed by atoms with Crippen LogP contribution in [-0.4, -0.2) is 72.3 Å². The van der Waals surface area contributed by atoms with Gasteiger partial charge in [0.05, 0.1) is 7.11 Å². The minimum Gasteiger partial charge on any atom is -0.497 e. The number of hydrogen-bond donors (Lipinski definition) is 0. The highest BCUT2D eigenvalue weighted by molar-refractivity contribution is 6.25. The van der Waals surface area contributed by atoms with Crippen LogP contribution in [0.1, 0.15) is 39.1 Å². The summed E-state index contributed by atoms with van der Waals surface area (Å²) >= 11 is 0. The van der Waals surface area contributed by atoms with Gasteiger partial charge in [0.1, 0.15) is 5.75 Å². The Morgan fingerprint density at radius 3 is 2.09 bits per heavy atom. The maximum Gasteiger partial charge on any atom is 0.261 e. The van der Waals surface area contributed by atoms with Gasteiger partial charge in [0, 0.05) is 62.2 Å². The highest BCUT2D eigenvalue weighted by atomic mass is 16.5. The maximum atomic E-state index is 13.0. The predicted molar refractivity (Wildman–Crippen MR) is 133 cm³/mol. The lowest BCUT2D eigenvalue weighted by molar-refractivity contribution is -0.133. The largest absolute Gasteiger partial charge is 0.497 e. The summed E-state index contributed by atoms with van der Waals surface area (Å²) in [4.78, 5) is 44.3. The summed E-state index contributed by atoms with van der Waals surface area (Å²) in [5, 5.41) is 1.62. The van der Waals surface area contributed by atoms with Crippen LogP contribution in [0.5, 0.6) is 5.75 Å². The molecule has 0 saturated carbocycles. The summed E-state index contributed by atoms with van der Waals surface area (Å²) in [6, 6.07) is 19.1. The number of imide groups is 1. The first kappa shape index (κ1) is 23.1. The summed E-state index contributed by atoms with van der Waals surface area (Å²) in [6.45, 7) is 4.10. The molecule has 0 atom stereocenters. The van der Waals surface area contributed by atoms with E-state index in [1.165, 1.54) is 10.5 Å². The molecule has 35 heavy (non-hydrogen) atoms. The van der Waals surface area contributed by atoms with Crippen LogP contribution in [0.15, 0.2) is 60.7 Å². The number of amides is 3. The molecule has 2 aliphatic rings. The Balaban J connectivity index is 1.12. The number of nitrogens with zero attached hydrogens (tertiary/aromatic N) is 3. The Bertz CT molecular complexity index is 1210. The number of benzene rings is 3. The van der Waals surface area contributed by atoms with E-state index in [2.05, 4.69) is 17.0 Å². The Kier molecular flexibility index (Phi) is 6.51. The van der Waals surface area contributed by atoms with E-state index in [0.717, 1.165) is 36.2 Å². The van der Waals surface area contributed by atoms with Gasteiger partial charge in [0.2, 0.25) is 5.91 Å². The van der Waals surface area contributed by atoms with Gasteiger partial charge in [-0.3, -0.25) is 24.2 Å². The maximum absolute atomic E-state index is 13.0. The minimum absolute atomic E-state index is 0.0773. The number of carbonyl (C=O) groups is 3. The first-order valence-corrected chi connectivity index (χ1v) is 12.1. The van der Waals surface area contributed by atoms with Crippen LogP contribution < -0.4 is 4.74 Å². The summed E-state index contributed by atoms with van der Waals surface area (Å²) in [6.07, 6.45) is 0.780. The molecule has 2 heterocycles. The lowest BCUT2D eigenvalue weighted by Gasteiger charge is -2.35. The van der Waals surface area contributed by atoms with E-state index in [0.29, 0.717) is 37.1 Å². The molecule has 3 aromatic carbocycles. The number of carbonyl (C=O) groups excluding carboxylic acids is 3. The summed E-state index contributed by atoms with van der Waals surface area (Å²) in [5.74, 6) is 0.365. The summed E-state index contributed by atoms with van der Waals surface area (Å²) in [7, 11) is 1.66. The number of ether oxygens (including phenoxy) is 1. The Hall–Kier alpha value is -3.71. The number of piperazine rings is 1. The molecule has 3 aromatic rings. The van der Waals surface area contributed by atoms with Crippen LogP contribution in [0, 0.1) is 0 Å². The second-order valence-corrected chi connectivity index (χ2v) is 9.08. The predicted octanol–water partition coefficient (Wildman–Crippen LogP) is 3.57. The lowest BCUT2D eigenvalue weighted by atomic mass is 9.94. The third-order valence-corrected chi connectivity index (χ3v) is 6.92. The van der Waals surface area contributed by atoms with E-state index in [1.807, 2.05) is 41.3 Å². The molecular formula is C28H29N3O4. The van der Waals surface area contributed by atoms with Crippen molar-refractivity contribution in [3.8, 4) is 5.75 Å². The van der Waals surface area contributed by atoms with Crippen LogP contribution in [-0.2, 0) is 11.3 Å². The molecule has 3 amide bonds. The van der Waals surface area contributed by atoms with Crippen molar-refractivity contribution in [2.45, 2.75) is 19.4 Å². The molecule has 2 aliphatic heterocycles.